The molecule has 0 aromatic heterocycles. The van der Waals surface area contributed by atoms with Crippen LogP contribution in [0.25, 0.3) is 16.8 Å². The molecule has 1 fully saturated rings. The molecule has 4 aromatic rings. The van der Waals surface area contributed by atoms with Crippen molar-refractivity contribution in [1.82, 2.24) is 5.32 Å². The third kappa shape index (κ3) is 5.39. The number of nitrogens with one attached hydrogen (secondary N) is 1. The smallest absolute Gasteiger partial charge is 0.335 e. The fraction of sp³-hybridized carbons (Fsp3) is 0.129. The molecule has 1 aliphatic heterocycles. The number of anilines is 1. The Kier molecular flexibility index (Phi) is 7.78. The molecule has 4 amide bonds. The highest BCUT2D eigenvalue weighted by atomic mass is 35.5. The molecular weight excluding hydrogens is 551 g/mol. The molecule has 40 heavy (non-hydrogen) atoms. The summed E-state index contributed by atoms with van der Waals surface area (Å²) in [6.45, 7) is 4.20. The van der Waals surface area contributed by atoms with Gasteiger partial charge in [-0.2, -0.15) is 0 Å². The van der Waals surface area contributed by atoms with E-state index in [0.29, 0.717) is 28.7 Å². The average Bonchev–Trinajstić information content (AvgIpc) is 2.92. The number of hydrogen-bond acceptors (Lipinski definition) is 5. The monoisotopic (exact) mass is 574 g/mol. The van der Waals surface area contributed by atoms with Gasteiger partial charge in [-0.05, 0) is 71.7 Å². The number of carbonyl (C=O) groups excluding carboxylic acids is 3. The van der Waals surface area contributed by atoms with E-state index in [2.05, 4.69) is 5.32 Å². The number of urea groups is 1. The normalized spacial score (nSPS) is 14.6. The van der Waals surface area contributed by atoms with Crippen molar-refractivity contribution in [2.45, 2.75) is 20.5 Å². The number of aryl methyl sites for hydroxylation is 1. The van der Waals surface area contributed by atoms with Gasteiger partial charge < -0.3 is 9.47 Å². The van der Waals surface area contributed by atoms with Crippen LogP contribution in [-0.2, 0) is 16.2 Å². The highest BCUT2D eigenvalue weighted by Gasteiger charge is 2.37. The third-order valence-corrected chi connectivity index (χ3v) is 7.10. The summed E-state index contributed by atoms with van der Waals surface area (Å²) in [6.07, 6.45) is 1.36. The number of benzene rings is 4. The second-order valence-corrected chi connectivity index (χ2v) is 9.90. The Labute approximate surface area is 240 Å². The van der Waals surface area contributed by atoms with Gasteiger partial charge in [-0.1, -0.05) is 71.7 Å². The lowest BCUT2D eigenvalue weighted by molar-refractivity contribution is -0.122. The fourth-order valence-corrected chi connectivity index (χ4v) is 4.87. The number of amides is 4. The summed E-state index contributed by atoms with van der Waals surface area (Å²) < 4.78 is 11.9. The molecule has 0 unspecified atom stereocenters. The van der Waals surface area contributed by atoms with Gasteiger partial charge in [0.05, 0.1) is 17.3 Å². The van der Waals surface area contributed by atoms with Crippen molar-refractivity contribution in [3.8, 4) is 11.5 Å². The lowest BCUT2D eigenvalue weighted by atomic mass is 10.1. The zero-order valence-electron chi connectivity index (χ0n) is 21.7. The summed E-state index contributed by atoms with van der Waals surface area (Å²) in [4.78, 5) is 39.4. The molecule has 1 heterocycles. The van der Waals surface area contributed by atoms with Crippen molar-refractivity contribution >= 4 is 63.6 Å². The maximum atomic E-state index is 13.3. The molecular formula is C31H24Cl2N2O5. The number of carbonyl (C=O) groups is 3. The molecule has 202 valence electrons. The topological polar surface area (TPSA) is 84.9 Å². The minimum absolute atomic E-state index is 0.236. The largest absolute Gasteiger partial charge is 0.490 e. The van der Waals surface area contributed by atoms with Crippen LogP contribution in [0.2, 0.25) is 10.0 Å². The number of barbiturate groups is 1. The SMILES string of the molecule is CCOc1cc(/C=C2/C(=O)NC(=O)N(c3ccc(C)c(Cl)c3)C2=O)cc(Cl)c1OCc1cccc2ccccc12. The van der Waals surface area contributed by atoms with E-state index in [1.165, 1.54) is 12.1 Å². The van der Waals surface area contributed by atoms with Crippen LogP contribution in [0.5, 0.6) is 11.5 Å². The van der Waals surface area contributed by atoms with Crippen LogP contribution in [0.4, 0.5) is 10.5 Å². The van der Waals surface area contributed by atoms with Crippen molar-refractivity contribution in [3.63, 3.8) is 0 Å². The molecule has 1 saturated heterocycles. The van der Waals surface area contributed by atoms with Gasteiger partial charge in [0.1, 0.15) is 12.2 Å². The van der Waals surface area contributed by atoms with E-state index in [1.54, 1.807) is 31.2 Å². The number of fused-ring (bicyclic) bond motifs is 1. The second-order valence-electron chi connectivity index (χ2n) is 9.08. The predicted molar refractivity (Wildman–Crippen MR) is 156 cm³/mol. The summed E-state index contributed by atoms with van der Waals surface area (Å²) in [7, 11) is 0. The van der Waals surface area contributed by atoms with E-state index in [0.717, 1.165) is 26.8 Å². The third-order valence-electron chi connectivity index (χ3n) is 6.41. The van der Waals surface area contributed by atoms with Gasteiger partial charge in [-0.3, -0.25) is 14.9 Å². The minimum atomic E-state index is -0.864. The van der Waals surface area contributed by atoms with Gasteiger partial charge in [0.2, 0.25) is 0 Å². The molecule has 0 bridgehead atoms. The van der Waals surface area contributed by atoms with Gasteiger partial charge in [-0.25, -0.2) is 9.69 Å². The first kappa shape index (κ1) is 27.2. The Morgan fingerprint density at radius 3 is 2.45 bits per heavy atom. The van der Waals surface area contributed by atoms with Crippen molar-refractivity contribution in [1.29, 1.82) is 0 Å². The number of ether oxygens (including phenoxy) is 2. The van der Waals surface area contributed by atoms with Gasteiger partial charge in [-0.15, -0.1) is 0 Å². The van der Waals surface area contributed by atoms with E-state index in [-0.39, 0.29) is 22.9 Å². The second kappa shape index (κ2) is 11.4. The van der Waals surface area contributed by atoms with E-state index in [9.17, 15) is 14.4 Å². The van der Waals surface area contributed by atoms with Crippen LogP contribution in [0.15, 0.2) is 78.4 Å². The molecule has 1 N–H and O–H groups in total. The number of imide groups is 2. The molecule has 0 radical (unpaired) electrons. The number of rotatable bonds is 7. The molecule has 1 aliphatic rings. The highest BCUT2D eigenvalue weighted by molar-refractivity contribution is 6.39. The molecule has 0 atom stereocenters. The van der Waals surface area contributed by atoms with Crippen LogP contribution in [-0.4, -0.2) is 24.5 Å². The predicted octanol–water partition coefficient (Wildman–Crippen LogP) is 7.10. The summed E-state index contributed by atoms with van der Waals surface area (Å²) >= 11 is 12.8. The highest BCUT2D eigenvalue weighted by Crippen LogP contribution is 2.38. The van der Waals surface area contributed by atoms with Gasteiger partial charge >= 0.3 is 6.03 Å². The van der Waals surface area contributed by atoms with Crippen LogP contribution < -0.4 is 19.7 Å². The molecule has 4 aromatic carbocycles. The summed E-state index contributed by atoms with van der Waals surface area (Å²) in [5.41, 5.74) is 2.16. The molecule has 0 saturated carbocycles. The fourth-order valence-electron chi connectivity index (χ4n) is 4.42. The number of halogens is 2. The van der Waals surface area contributed by atoms with E-state index in [4.69, 9.17) is 32.7 Å². The first-order valence-corrected chi connectivity index (χ1v) is 13.3. The Morgan fingerprint density at radius 1 is 0.900 bits per heavy atom. The van der Waals surface area contributed by atoms with Crippen LogP contribution in [0, 0.1) is 6.92 Å². The van der Waals surface area contributed by atoms with E-state index >= 15 is 0 Å². The average molecular weight is 575 g/mol. The summed E-state index contributed by atoms with van der Waals surface area (Å²) in [6, 6.07) is 21.1. The standard InChI is InChI=1S/C31H24Cl2N2O5/c1-3-39-27-15-19(14-26(33)28(27)40-17-21-9-6-8-20-7-4-5-10-23(20)21)13-24-29(36)34-31(38)35(30(24)37)22-12-11-18(2)25(32)16-22/h4-16H,3,17H2,1-2H3,(H,34,36,38)/b24-13-. The lowest BCUT2D eigenvalue weighted by Gasteiger charge is -2.26. The molecule has 9 heteroatoms. The number of nitrogens with zero attached hydrogens (tertiary/aromatic N) is 1. The quantitative estimate of drug-likeness (QED) is 0.188. The van der Waals surface area contributed by atoms with Crippen molar-refractivity contribution < 1.29 is 23.9 Å². The first-order chi connectivity index (χ1) is 19.3. The Hall–Kier alpha value is -4.33. The summed E-state index contributed by atoms with van der Waals surface area (Å²) in [5.74, 6) is -0.929. The Morgan fingerprint density at radius 2 is 1.68 bits per heavy atom. The lowest BCUT2D eigenvalue weighted by Crippen LogP contribution is -2.54. The Balaban J connectivity index is 1.47. The van der Waals surface area contributed by atoms with E-state index < -0.39 is 17.8 Å². The molecule has 5 rings (SSSR count). The van der Waals surface area contributed by atoms with Crippen LogP contribution in [0.1, 0.15) is 23.6 Å². The molecule has 7 nitrogen and oxygen atoms in total. The first-order valence-electron chi connectivity index (χ1n) is 12.5. The molecule has 0 aliphatic carbocycles. The van der Waals surface area contributed by atoms with Crippen molar-refractivity contribution in [3.05, 3.63) is 105 Å². The molecule has 0 spiro atoms. The van der Waals surface area contributed by atoms with Gasteiger partial charge in [0, 0.05) is 5.02 Å². The van der Waals surface area contributed by atoms with Crippen LogP contribution >= 0.6 is 23.2 Å². The zero-order valence-corrected chi connectivity index (χ0v) is 23.2. The van der Waals surface area contributed by atoms with Crippen molar-refractivity contribution in [2.75, 3.05) is 11.5 Å². The minimum Gasteiger partial charge on any atom is -0.490 e. The maximum Gasteiger partial charge on any atom is 0.335 e. The Bertz CT molecular complexity index is 1690. The zero-order chi connectivity index (χ0) is 28.4. The van der Waals surface area contributed by atoms with E-state index in [1.807, 2.05) is 49.4 Å². The summed E-state index contributed by atoms with van der Waals surface area (Å²) in [5, 5.41) is 4.99. The van der Waals surface area contributed by atoms with Crippen molar-refractivity contribution in [2.24, 2.45) is 0 Å². The van der Waals surface area contributed by atoms with Crippen LogP contribution in [0.3, 0.4) is 0 Å². The van der Waals surface area contributed by atoms with Gasteiger partial charge in [0.15, 0.2) is 11.5 Å². The van der Waals surface area contributed by atoms with Gasteiger partial charge in [0.25, 0.3) is 11.8 Å². The number of hydrogen-bond donors (Lipinski definition) is 1. The maximum absolute atomic E-state index is 13.3.